The molecule has 2 aromatic heterocycles. The molecule has 2 rings (SSSR count). The van der Waals surface area contributed by atoms with Crippen LogP contribution in [0.15, 0.2) is 28.1 Å². The van der Waals surface area contributed by atoms with Crippen molar-refractivity contribution >= 4 is 15.9 Å². The number of sulfonamides is 1. The predicted molar refractivity (Wildman–Crippen MR) is 50.6 cm³/mol. The van der Waals surface area contributed by atoms with Gasteiger partial charge in [0.2, 0.25) is 5.88 Å². The van der Waals surface area contributed by atoms with Gasteiger partial charge in [0.05, 0.1) is 18.2 Å². The number of hydrogen-bond acceptors (Lipinski definition) is 5. The highest BCUT2D eigenvalue weighted by Gasteiger charge is 2.17. The van der Waals surface area contributed by atoms with Gasteiger partial charge in [-0.05, 0) is 6.92 Å². The normalized spacial score (nSPS) is 11.5. The first-order valence-electron chi connectivity index (χ1n) is 4.02. The lowest BCUT2D eigenvalue weighted by atomic mass is 10.5. The number of H-pyrrole nitrogens is 1. The summed E-state index contributed by atoms with van der Waals surface area (Å²) >= 11 is 0. The van der Waals surface area contributed by atoms with Gasteiger partial charge in [-0.2, -0.15) is 8.42 Å². The SMILES string of the molecule is Cc1cc(NS(=O)(=O)c2cnc[nH]2)on1. The lowest BCUT2D eigenvalue weighted by Crippen LogP contribution is -2.12. The van der Waals surface area contributed by atoms with E-state index in [4.69, 9.17) is 4.52 Å². The molecule has 80 valence electrons. The van der Waals surface area contributed by atoms with Crippen molar-refractivity contribution in [2.75, 3.05) is 4.72 Å². The van der Waals surface area contributed by atoms with Crippen LogP contribution in [0.2, 0.25) is 0 Å². The molecule has 7 nitrogen and oxygen atoms in total. The molecular weight excluding hydrogens is 220 g/mol. The number of hydrogen-bond donors (Lipinski definition) is 2. The summed E-state index contributed by atoms with van der Waals surface area (Å²) in [6, 6.07) is 1.48. The molecule has 2 aromatic rings. The molecule has 0 aliphatic rings. The molecule has 0 radical (unpaired) electrons. The number of aromatic nitrogens is 3. The Morgan fingerprint density at radius 2 is 2.33 bits per heavy atom. The highest BCUT2D eigenvalue weighted by Crippen LogP contribution is 2.14. The largest absolute Gasteiger partial charge is 0.338 e. The summed E-state index contributed by atoms with van der Waals surface area (Å²) in [5, 5.41) is 3.52. The van der Waals surface area contributed by atoms with E-state index in [1.165, 1.54) is 18.6 Å². The molecule has 2 heterocycles. The van der Waals surface area contributed by atoms with E-state index in [2.05, 4.69) is 19.8 Å². The van der Waals surface area contributed by atoms with Crippen LogP contribution in [0, 0.1) is 6.92 Å². The Bertz CT molecular complexity index is 543. The zero-order valence-corrected chi connectivity index (χ0v) is 8.58. The highest BCUT2D eigenvalue weighted by atomic mass is 32.2. The molecule has 0 unspecified atom stereocenters. The Kier molecular flexibility index (Phi) is 2.19. The molecule has 8 heteroatoms. The Morgan fingerprint density at radius 1 is 1.53 bits per heavy atom. The molecule has 0 amide bonds. The molecule has 0 aliphatic carbocycles. The van der Waals surface area contributed by atoms with Crippen LogP contribution in [-0.4, -0.2) is 23.5 Å². The molecule has 0 aromatic carbocycles. The van der Waals surface area contributed by atoms with Crippen molar-refractivity contribution in [1.29, 1.82) is 0 Å². The van der Waals surface area contributed by atoms with Crippen molar-refractivity contribution in [2.45, 2.75) is 11.9 Å². The van der Waals surface area contributed by atoms with Gasteiger partial charge in [0, 0.05) is 6.07 Å². The number of imidazole rings is 1. The van der Waals surface area contributed by atoms with Gasteiger partial charge in [-0.15, -0.1) is 0 Å². The zero-order valence-electron chi connectivity index (χ0n) is 7.76. The maximum Gasteiger partial charge on any atom is 0.281 e. The van der Waals surface area contributed by atoms with Gasteiger partial charge in [-0.3, -0.25) is 0 Å². The van der Waals surface area contributed by atoms with E-state index in [0.717, 1.165) is 0 Å². The van der Waals surface area contributed by atoms with Crippen LogP contribution in [0.5, 0.6) is 0 Å². The van der Waals surface area contributed by atoms with Gasteiger partial charge >= 0.3 is 0 Å². The molecule has 0 spiro atoms. The molecule has 0 saturated heterocycles. The molecule has 15 heavy (non-hydrogen) atoms. The summed E-state index contributed by atoms with van der Waals surface area (Å²) in [6.45, 7) is 1.69. The smallest absolute Gasteiger partial charge is 0.281 e. The predicted octanol–water partition coefficient (Wildman–Crippen LogP) is 0.507. The fraction of sp³-hybridized carbons (Fsp3) is 0.143. The first-order chi connectivity index (χ1) is 7.08. The maximum absolute atomic E-state index is 11.6. The van der Waals surface area contributed by atoms with E-state index in [0.29, 0.717) is 5.69 Å². The van der Waals surface area contributed by atoms with Crippen LogP contribution in [0.4, 0.5) is 5.88 Å². The third-order valence-corrected chi connectivity index (χ3v) is 2.90. The van der Waals surface area contributed by atoms with E-state index < -0.39 is 10.0 Å². The minimum absolute atomic E-state index is 0.0310. The van der Waals surface area contributed by atoms with Gasteiger partial charge < -0.3 is 9.51 Å². The fourth-order valence-corrected chi connectivity index (χ4v) is 1.87. The van der Waals surface area contributed by atoms with Crippen LogP contribution < -0.4 is 4.72 Å². The molecule has 0 saturated carbocycles. The molecule has 2 N–H and O–H groups in total. The van der Waals surface area contributed by atoms with Crippen molar-refractivity contribution < 1.29 is 12.9 Å². The van der Waals surface area contributed by atoms with Crippen LogP contribution in [0.1, 0.15) is 5.69 Å². The molecule has 0 aliphatic heterocycles. The number of rotatable bonds is 3. The third-order valence-electron chi connectivity index (χ3n) is 1.63. The highest BCUT2D eigenvalue weighted by molar-refractivity contribution is 7.92. The average molecular weight is 228 g/mol. The number of nitrogens with one attached hydrogen (secondary N) is 2. The second kappa shape index (κ2) is 3.39. The Balaban J connectivity index is 2.26. The van der Waals surface area contributed by atoms with E-state index in [9.17, 15) is 8.42 Å². The van der Waals surface area contributed by atoms with Crippen molar-refractivity contribution in [3.05, 3.63) is 24.3 Å². The van der Waals surface area contributed by atoms with Crippen molar-refractivity contribution in [2.24, 2.45) is 0 Å². The number of aromatic amines is 1. The summed E-state index contributed by atoms with van der Waals surface area (Å²) in [5.74, 6) is 0.0714. The summed E-state index contributed by atoms with van der Waals surface area (Å²) in [7, 11) is -3.66. The average Bonchev–Trinajstić information content (AvgIpc) is 2.75. The minimum Gasteiger partial charge on any atom is -0.338 e. The van der Waals surface area contributed by atoms with Crippen LogP contribution in [0.25, 0.3) is 0 Å². The van der Waals surface area contributed by atoms with Gasteiger partial charge in [-0.25, -0.2) is 9.71 Å². The van der Waals surface area contributed by atoms with E-state index in [1.807, 2.05) is 0 Å². The van der Waals surface area contributed by atoms with Crippen molar-refractivity contribution in [1.82, 2.24) is 15.1 Å². The first kappa shape index (κ1) is 9.71. The molecule has 0 atom stereocenters. The molecular formula is C7H8N4O3S. The topological polar surface area (TPSA) is 101 Å². The number of aryl methyl sites for hydroxylation is 1. The Morgan fingerprint density at radius 3 is 2.87 bits per heavy atom. The summed E-state index contributed by atoms with van der Waals surface area (Å²) < 4.78 is 30.1. The van der Waals surface area contributed by atoms with Gasteiger partial charge in [0.25, 0.3) is 10.0 Å². The van der Waals surface area contributed by atoms with Crippen LogP contribution >= 0.6 is 0 Å². The summed E-state index contributed by atoms with van der Waals surface area (Å²) in [5.41, 5.74) is 0.595. The van der Waals surface area contributed by atoms with Gasteiger partial charge in [0.1, 0.15) is 0 Å². The standard InChI is InChI=1S/C7H8N4O3S/c1-5-2-6(14-10-5)11-15(12,13)7-3-8-4-9-7/h2-4,11H,1H3,(H,8,9). The fourth-order valence-electron chi connectivity index (χ4n) is 0.989. The van der Waals surface area contributed by atoms with E-state index >= 15 is 0 Å². The van der Waals surface area contributed by atoms with Crippen LogP contribution in [-0.2, 0) is 10.0 Å². The van der Waals surface area contributed by atoms with Crippen molar-refractivity contribution in [3.8, 4) is 0 Å². The lowest BCUT2D eigenvalue weighted by molar-refractivity contribution is 0.430. The zero-order chi connectivity index (χ0) is 10.9. The van der Waals surface area contributed by atoms with Gasteiger partial charge in [-0.1, -0.05) is 5.16 Å². The second-order valence-electron chi connectivity index (χ2n) is 2.85. The Labute approximate surface area is 85.6 Å². The molecule has 0 bridgehead atoms. The van der Waals surface area contributed by atoms with Gasteiger partial charge in [0.15, 0.2) is 5.03 Å². The van der Waals surface area contributed by atoms with E-state index in [-0.39, 0.29) is 10.9 Å². The summed E-state index contributed by atoms with van der Waals surface area (Å²) in [6.07, 6.45) is 2.48. The summed E-state index contributed by atoms with van der Waals surface area (Å²) in [4.78, 5) is 6.10. The molecule has 0 fully saturated rings. The first-order valence-corrected chi connectivity index (χ1v) is 5.51. The maximum atomic E-state index is 11.6. The van der Waals surface area contributed by atoms with Crippen molar-refractivity contribution in [3.63, 3.8) is 0 Å². The number of anilines is 1. The monoisotopic (exact) mass is 228 g/mol. The number of nitrogens with zero attached hydrogens (tertiary/aromatic N) is 2. The third kappa shape index (κ3) is 1.99. The quantitative estimate of drug-likeness (QED) is 0.796. The minimum atomic E-state index is -3.66. The Hall–Kier alpha value is -1.83. The van der Waals surface area contributed by atoms with E-state index in [1.54, 1.807) is 6.92 Å². The lowest BCUT2D eigenvalue weighted by Gasteiger charge is -2.00. The second-order valence-corrected chi connectivity index (χ2v) is 4.50. The van der Waals surface area contributed by atoms with Crippen LogP contribution in [0.3, 0.4) is 0 Å².